The Kier molecular flexibility index (Phi) is 3.43. The topological polar surface area (TPSA) is 56.6 Å². The third kappa shape index (κ3) is 2.83. The lowest BCUT2D eigenvalue weighted by atomic mass is 9.94. The molecule has 0 saturated carbocycles. The average molecular weight is 267 g/mol. The highest BCUT2D eigenvalue weighted by Crippen LogP contribution is 2.33. The summed E-state index contributed by atoms with van der Waals surface area (Å²) in [4.78, 5) is 13.5. The van der Waals surface area contributed by atoms with Gasteiger partial charge in [0.25, 0.3) is 0 Å². The Labute approximate surface area is 113 Å². The molecule has 2 rings (SSSR count). The number of likely N-dealkylation sites (tertiary alicyclic amines) is 1. The molecule has 0 atom stereocenters. The smallest absolute Gasteiger partial charge is 0.410 e. The highest BCUT2D eigenvalue weighted by molar-refractivity contribution is 5.69. The normalized spacial score (nSPS) is 16.2. The van der Waals surface area contributed by atoms with Crippen molar-refractivity contribution in [2.24, 2.45) is 7.05 Å². The van der Waals surface area contributed by atoms with Crippen molar-refractivity contribution in [3.63, 3.8) is 0 Å². The minimum absolute atomic E-state index is 0.258. The summed E-state index contributed by atoms with van der Waals surface area (Å²) in [6, 6.07) is 0. The fraction of sp³-hybridized carbons (Fsp3) is 0.692. The number of methoxy groups -OCH3 is 1. The van der Waals surface area contributed by atoms with E-state index in [2.05, 4.69) is 5.10 Å². The van der Waals surface area contributed by atoms with Crippen LogP contribution in [0.15, 0.2) is 6.20 Å². The van der Waals surface area contributed by atoms with Crippen LogP contribution >= 0.6 is 0 Å². The summed E-state index contributed by atoms with van der Waals surface area (Å²) in [6.45, 7) is 6.90. The molecule has 0 aliphatic carbocycles. The van der Waals surface area contributed by atoms with Crippen molar-refractivity contribution in [3.05, 3.63) is 11.8 Å². The second kappa shape index (κ2) is 4.75. The Balaban J connectivity index is 1.94. The van der Waals surface area contributed by atoms with Crippen LogP contribution in [0.4, 0.5) is 4.79 Å². The molecule has 0 spiro atoms. The van der Waals surface area contributed by atoms with Crippen molar-refractivity contribution in [2.45, 2.75) is 32.3 Å². The number of carbonyl (C=O) groups is 1. The summed E-state index contributed by atoms with van der Waals surface area (Å²) >= 11 is 0. The third-order valence-corrected chi connectivity index (χ3v) is 3.08. The minimum atomic E-state index is -0.450. The molecule has 0 N–H and O–H groups in total. The molecule has 106 valence electrons. The van der Waals surface area contributed by atoms with Gasteiger partial charge in [0.2, 0.25) is 5.88 Å². The second-order valence-electron chi connectivity index (χ2n) is 5.82. The number of carbonyl (C=O) groups excluding carboxylic acids is 1. The predicted octanol–water partition coefficient (Wildman–Crippen LogP) is 1.76. The molecule has 1 aromatic rings. The molecule has 1 saturated heterocycles. The van der Waals surface area contributed by atoms with Crippen LogP contribution in [0.25, 0.3) is 0 Å². The van der Waals surface area contributed by atoms with E-state index in [-0.39, 0.29) is 12.0 Å². The van der Waals surface area contributed by atoms with E-state index in [4.69, 9.17) is 9.47 Å². The Morgan fingerprint density at radius 3 is 2.58 bits per heavy atom. The standard InChI is InChI=1S/C13H21N3O3/c1-13(2,3)19-12(17)16-7-9(8-16)10-6-14-15(4)11(10)18-5/h6,9H,7-8H2,1-5H3. The van der Waals surface area contributed by atoms with Gasteiger partial charge in [0.1, 0.15) is 5.60 Å². The van der Waals surface area contributed by atoms with E-state index in [0.717, 1.165) is 11.4 Å². The monoisotopic (exact) mass is 267 g/mol. The lowest BCUT2D eigenvalue weighted by molar-refractivity contribution is 0.00799. The summed E-state index contributed by atoms with van der Waals surface area (Å²) in [6.07, 6.45) is 1.54. The summed E-state index contributed by atoms with van der Waals surface area (Å²) in [7, 11) is 3.47. The highest BCUT2D eigenvalue weighted by Gasteiger charge is 2.36. The maximum Gasteiger partial charge on any atom is 0.410 e. The van der Waals surface area contributed by atoms with E-state index in [0.29, 0.717) is 13.1 Å². The number of rotatable bonds is 2. The molecule has 1 aliphatic rings. The summed E-state index contributed by atoms with van der Waals surface area (Å²) in [5.74, 6) is 1.03. The molecule has 19 heavy (non-hydrogen) atoms. The van der Waals surface area contributed by atoms with Crippen molar-refractivity contribution in [1.29, 1.82) is 0 Å². The number of aryl methyl sites for hydroxylation is 1. The van der Waals surface area contributed by atoms with E-state index >= 15 is 0 Å². The van der Waals surface area contributed by atoms with Crippen LogP contribution in [0.3, 0.4) is 0 Å². The van der Waals surface area contributed by atoms with E-state index in [1.165, 1.54) is 0 Å². The summed E-state index contributed by atoms with van der Waals surface area (Å²) < 4.78 is 12.3. The van der Waals surface area contributed by atoms with Crippen molar-refractivity contribution >= 4 is 6.09 Å². The summed E-state index contributed by atoms with van der Waals surface area (Å²) in [5.41, 5.74) is 0.596. The van der Waals surface area contributed by atoms with Gasteiger partial charge in [-0.3, -0.25) is 0 Å². The first-order chi connectivity index (χ1) is 8.81. The van der Waals surface area contributed by atoms with Crippen LogP contribution in [-0.2, 0) is 11.8 Å². The molecule has 0 unspecified atom stereocenters. The molecule has 1 fully saturated rings. The van der Waals surface area contributed by atoms with Gasteiger partial charge in [0, 0.05) is 31.6 Å². The predicted molar refractivity (Wildman–Crippen MR) is 70.3 cm³/mol. The molecular weight excluding hydrogens is 246 g/mol. The number of nitrogens with zero attached hydrogens (tertiary/aromatic N) is 3. The molecule has 1 aliphatic heterocycles. The Bertz CT molecular complexity index is 470. The van der Waals surface area contributed by atoms with Crippen LogP contribution in [0.1, 0.15) is 32.3 Å². The van der Waals surface area contributed by atoms with Crippen molar-refractivity contribution < 1.29 is 14.3 Å². The van der Waals surface area contributed by atoms with Crippen LogP contribution in [0.5, 0.6) is 5.88 Å². The zero-order chi connectivity index (χ0) is 14.2. The first kappa shape index (κ1) is 13.7. The largest absolute Gasteiger partial charge is 0.481 e. The van der Waals surface area contributed by atoms with E-state index < -0.39 is 5.60 Å². The first-order valence-corrected chi connectivity index (χ1v) is 6.35. The first-order valence-electron chi connectivity index (χ1n) is 6.35. The fourth-order valence-electron chi connectivity index (χ4n) is 2.12. The average Bonchev–Trinajstić information content (AvgIpc) is 2.54. The number of ether oxygens (including phenoxy) is 2. The van der Waals surface area contributed by atoms with E-state index in [1.54, 1.807) is 22.9 Å². The molecule has 1 aromatic heterocycles. The molecule has 0 radical (unpaired) electrons. The Morgan fingerprint density at radius 2 is 2.05 bits per heavy atom. The van der Waals surface area contributed by atoms with Gasteiger partial charge in [-0.25, -0.2) is 9.48 Å². The fourth-order valence-corrected chi connectivity index (χ4v) is 2.12. The maximum atomic E-state index is 11.8. The van der Waals surface area contributed by atoms with Gasteiger partial charge in [0.05, 0.1) is 13.3 Å². The molecular formula is C13H21N3O3. The lowest BCUT2D eigenvalue weighted by Gasteiger charge is -2.39. The van der Waals surface area contributed by atoms with Gasteiger partial charge in [-0.2, -0.15) is 5.10 Å². The SMILES string of the molecule is COc1c(C2CN(C(=O)OC(C)(C)C)C2)cnn1C. The number of aromatic nitrogens is 2. The number of hydrogen-bond donors (Lipinski definition) is 0. The number of hydrogen-bond acceptors (Lipinski definition) is 4. The van der Waals surface area contributed by atoms with Gasteiger partial charge >= 0.3 is 6.09 Å². The molecule has 1 amide bonds. The molecule has 0 bridgehead atoms. The van der Waals surface area contributed by atoms with Gasteiger partial charge in [-0.1, -0.05) is 0 Å². The van der Waals surface area contributed by atoms with Crippen LogP contribution in [0, 0.1) is 0 Å². The lowest BCUT2D eigenvalue weighted by Crippen LogP contribution is -2.50. The molecule has 6 heteroatoms. The maximum absolute atomic E-state index is 11.8. The molecule has 6 nitrogen and oxygen atoms in total. The van der Waals surface area contributed by atoms with Crippen LogP contribution < -0.4 is 4.74 Å². The number of amides is 1. The van der Waals surface area contributed by atoms with Gasteiger partial charge < -0.3 is 14.4 Å². The van der Waals surface area contributed by atoms with Crippen LogP contribution in [0.2, 0.25) is 0 Å². The zero-order valence-electron chi connectivity index (χ0n) is 12.1. The van der Waals surface area contributed by atoms with Crippen molar-refractivity contribution in [2.75, 3.05) is 20.2 Å². The Hall–Kier alpha value is -1.72. The van der Waals surface area contributed by atoms with E-state index in [9.17, 15) is 4.79 Å². The highest BCUT2D eigenvalue weighted by atomic mass is 16.6. The quantitative estimate of drug-likeness (QED) is 0.819. The van der Waals surface area contributed by atoms with Gasteiger partial charge in [-0.15, -0.1) is 0 Å². The van der Waals surface area contributed by atoms with Crippen molar-refractivity contribution in [3.8, 4) is 5.88 Å². The second-order valence-corrected chi connectivity index (χ2v) is 5.82. The van der Waals surface area contributed by atoms with Gasteiger partial charge in [-0.05, 0) is 20.8 Å². The van der Waals surface area contributed by atoms with Gasteiger partial charge in [0.15, 0.2) is 0 Å². The summed E-state index contributed by atoms with van der Waals surface area (Å²) in [5, 5.41) is 4.18. The molecule has 2 heterocycles. The Morgan fingerprint density at radius 1 is 1.42 bits per heavy atom. The minimum Gasteiger partial charge on any atom is -0.481 e. The third-order valence-electron chi connectivity index (χ3n) is 3.08. The van der Waals surface area contributed by atoms with Crippen molar-refractivity contribution in [1.82, 2.24) is 14.7 Å². The van der Waals surface area contributed by atoms with Crippen LogP contribution in [-0.4, -0.2) is 46.6 Å². The zero-order valence-corrected chi connectivity index (χ0v) is 12.1. The molecule has 0 aromatic carbocycles. The van der Waals surface area contributed by atoms with E-state index in [1.807, 2.05) is 27.8 Å².